The van der Waals surface area contributed by atoms with E-state index in [9.17, 15) is 15.0 Å². The minimum Gasteiger partial charge on any atom is -0.508 e. The summed E-state index contributed by atoms with van der Waals surface area (Å²) in [5.41, 5.74) is 2.06. The van der Waals surface area contributed by atoms with Gasteiger partial charge in [-0.25, -0.2) is 0 Å². The number of phenolic OH excluding ortho intramolecular Hbond substituents is 2. The van der Waals surface area contributed by atoms with Crippen LogP contribution in [0, 0.1) is 11.8 Å². The van der Waals surface area contributed by atoms with Gasteiger partial charge in [-0.1, -0.05) is 32.6 Å². The van der Waals surface area contributed by atoms with E-state index in [4.69, 9.17) is 0 Å². The van der Waals surface area contributed by atoms with Gasteiger partial charge in [0.15, 0.2) is 6.29 Å². The fraction of sp³-hybridized carbons (Fsp3) is 0.211. The molecule has 0 aliphatic rings. The fourth-order valence-corrected chi connectivity index (χ4v) is 2.08. The minimum atomic E-state index is -0.294. The molecule has 0 radical (unpaired) electrons. The second-order valence-electron chi connectivity index (χ2n) is 6.13. The second kappa shape index (κ2) is 5.95. The third-order valence-corrected chi connectivity index (χ3v) is 3.29. The van der Waals surface area contributed by atoms with Crippen molar-refractivity contribution in [2.75, 3.05) is 0 Å². The summed E-state index contributed by atoms with van der Waals surface area (Å²) in [4.78, 5) is 11.1. The topological polar surface area (TPSA) is 57.5 Å². The van der Waals surface area contributed by atoms with E-state index in [0.29, 0.717) is 17.4 Å². The third-order valence-electron chi connectivity index (χ3n) is 3.29. The number of benzene rings is 2. The number of aromatic hydroxyl groups is 2. The Labute approximate surface area is 130 Å². The zero-order valence-corrected chi connectivity index (χ0v) is 12.8. The maximum absolute atomic E-state index is 11.1. The molecular formula is C19H18O3. The first kappa shape index (κ1) is 15.7. The standard InChI is InChI=1S/C19H18O3/c1-19(2,3)17-11-14(10-15(12-20)18(17)22)5-4-13-6-8-16(21)9-7-13/h6-12,21-22H,1-3H3. The molecule has 0 aliphatic carbocycles. The van der Waals surface area contributed by atoms with Crippen molar-refractivity contribution in [1.29, 1.82) is 0 Å². The molecule has 2 aromatic carbocycles. The highest BCUT2D eigenvalue weighted by Gasteiger charge is 2.20. The quantitative estimate of drug-likeness (QED) is 0.624. The molecule has 0 saturated carbocycles. The average Bonchev–Trinajstić information content (AvgIpc) is 2.46. The largest absolute Gasteiger partial charge is 0.508 e. The maximum atomic E-state index is 11.1. The van der Waals surface area contributed by atoms with E-state index in [-0.39, 0.29) is 22.5 Å². The molecule has 0 aliphatic heterocycles. The molecule has 0 fully saturated rings. The van der Waals surface area contributed by atoms with E-state index in [2.05, 4.69) is 11.8 Å². The zero-order valence-electron chi connectivity index (χ0n) is 12.8. The molecule has 0 heterocycles. The van der Waals surface area contributed by atoms with Crippen molar-refractivity contribution in [3.05, 3.63) is 58.7 Å². The van der Waals surface area contributed by atoms with Crippen LogP contribution in [0.4, 0.5) is 0 Å². The summed E-state index contributed by atoms with van der Waals surface area (Å²) in [6, 6.07) is 9.94. The van der Waals surface area contributed by atoms with Crippen molar-refractivity contribution in [3.8, 4) is 23.3 Å². The van der Waals surface area contributed by atoms with Gasteiger partial charge in [0.2, 0.25) is 0 Å². The van der Waals surface area contributed by atoms with Gasteiger partial charge in [-0.15, -0.1) is 0 Å². The summed E-state index contributed by atoms with van der Waals surface area (Å²) in [6.07, 6.45) is 0.635. The molecule has 0 atom stereocenters. The smallest absolute Gasteiger partial charge is 0.153 e. The number of rotatable bonds is 1. The Morgan fingerprint density at radius 3 is 2.09 bits per heavy atom. The van der Waals surface area contributed by atoms with Crippen molar-refractivity contribution >= 4 is 6.29 Å². The van der Waals surface area contributed by atoms with Crippen molar-refractivity contribution < 1.29 is 15.0 Å². The summed E-state index contributed by atoms with van der Waals surface area (Å²) < 4.78 is 0. The summed E-state index contributed by atoms with van der Waals surface area (Å²) in [7, 11) is 0. The average molecular weight is 294 g/mol. The van der Waals surface area contributed by atoms with Crippen LogP contribution in [-0.2, 0) is 5.41 Å². The lowest BCUT2D eigenvalue weighted by atomic mass is 9.84. The molecule has 2 rings (SSSR count). The van der Waals surface area contributed by atoms with E-state index in [1.54, 1.807) is 36.4 Å². The molecule has 0 bridgehead atoms. The highest BCUT2D eigenvalue weighted by atomic mass is 16.3. The summed E-state index contributed by atoms with van der Waals surface area (Å²) >= 11 is 0. The molecule has 2 aromatic rings. The molecule has 3 nitrogen and oxygen atoms in total. The van der Waals surface area contributed by atoms with Crippen LogP contribution < -0.4 is 0 Å². The monoisotopic (exact) mass is 294 g/mol. The van der Waals surface area contributed by atoms with Crippen molar-refractivity contribution in [2.45, 2.75) is 26.2 Å². The number of hydrogen-bond acceptors (Lipinski definition) is 3. The van der Waals surface area contributed by atoms with Gasteiger partial charge in [-0.2, -0.15) is 0 Å². The molecule has 0 amide bonds. The summed E-state index contributed by atoms with van der Waals surface area (Å²) in [6.45, 7) is 5.90. The second-order valence-corrected chi connectivity index (χ2v) is 6.13. The van der Waals surface area contributed by atoms with Crippen LogP contribution in [0.1, 0.15) is 47.8 Å². The maximum Gasteiger partial charge on any atom is 0.153 e. The Morgan fingerprint density at radius 1 is 0.955 bits per heavy atom. The predicted molar refractivity (Wildman–Crippen MR) is 86.3 cm³/mol. The normalized spacial score (nSPS) is 10.7. The number of carbonyl (C=O) groups excluding carboxylic acids is 1. The lowest BCUT2D eigenvalue weighted by Gasteiger charge is -2.21. The van der Waals surface area contributed by atoms with Gasteiger partial charge in [0.25, 0.3) is 0 Å². The van der Waals surface area contributed by atoms with E-state index in [1.165, 1.54) is 0 Å². The molecule has 0 saturated heterocycles. The number of aldehydes is 1. The van der Waals surface area contributed by atoms with Gasteiger partial charge in [0.05, 0.1) is 5.56 Å². The van der Waals surface area contributed by atoms with Crippen molar-refractivity contribution in [2.24, 2.45) is 0 Å². The molecular weight excluding hydrogens is 276 g/mol. The fourth-order valence-electron chi connectivity index (χ4n) is 2.08. The highest BCUT2D eigenvalue weighted by Crippen LogP contribution is 2.33. The SMILES string of the molecule is CC(C)(C)c1cc(C#Cc2ccc(O)cc2)cc(C=O)c1O. The van der Waals surface area contributed by atoms with Crippen LogP contribution in [-0.4, -0.2) is 16.5 Å². The van der Waals surface area contributed by atoms with E-state index in [1.807, 2.05) is 20.8 Å². The first-order chi connectivity index (χ1) is 10.3. The first-order valence-electron chi connectivity index (χ1n) is 6.95. The molecule has 0 unspecified atom stereocenters. The highest BCUT2D eigenvalue weighted by molar-refractivity contribution is 5.81. The summed E-state index contributed by atoms with van der Waals surface area (Å²) in [5.74, 6) is 6.17. The predicted octanol–water partition coefficient (Wildman–Crippen LogP) is 3.61. The lowest BCUT2D eigenvalue weighted by molar-refractivity contribution is 0.112. The molecule has 0 aromatic heterocycles. The van der Waals surface area contributed by atoms with Gasteiger partial charge >= 0.3 is 0 Å². The van der Waals surface area contributed by atoms with Crippen LogP contribution in [0.3, 0.4) is 0 Å². The van der Waals surface area contributed by atoms with E-state index >= 15 is 0 Å². The van der Waals surface area contributed by atoms with E-state index < -0.39 is 0 Å². The Bertz CT molecular complexity index is 754. The molecule has 112 valence electrons. The van der Waals surface area contributed by atoms with E-state index in [0.717, 1.165) is 5.56 Å². The van der Waals surface area contributed by atoms with Crippen molar-refractivity contribution in [1.82, 2.24) is 0 Å². The lowest BCUT2D eigenvalue weighted by Crippen LogP contribution is -2.12. The van der Waals surface area contributed by atoms with Crippen molar-refractivity contribution in [3.63, 3.8) is 0 Å². The number of hydrogen-bond donors (Lipinski definition) is 2. The summed E-state index contributed by atoms with van der Waals surface area (Å²) in [5, 5.41) is 19.4. The molecule has 22 heavy (non-hydrogen) atoms. The van der Waals surface area contributed by atoms with Gasteiger partial charge in [-0.3, -0.25) is 4.79 Å². The Balaban J connectivity index is 2.48. The Kier molecular flexibility index (Phi) is 4.23. The minimum absolute atomic E-state index is 0.0117. The van der Waals surface area contributed by atoms with Crippen LogP contribution in [0.2, 0.25) is 0 Å². The Morgan fingerprint density at radius 2 is 1.55 bits per heavy atom. The van der Waals surface area contributed by atoms with Gasteiger partial charge in [0, 0.05) is 16.7 Å². The van der Waals surface area contributed by atoms with Gasteiger partial charge < -0.3 is 10.2 Å². The number of carbonyl (C=O) groups is 1. The van der Waals surface area contributed by atoms with Crippen LogP contribution in [0.15, 0.2) is 36.4 Å². The zero-order chi connectivity index (χ0) is 16.3. The molecule has 3 heteroatoms. The van der Waals surface area contributed by atoms with Crippen LogP contribution in [0.25, 0.3) is 0 Å². The third kappa shape index (κ3) is 3.48. The Hall–Kier alpha value is -2.73. The van der Waals surface area contributed by atoms with Crippen LogP contribution in [0.5, 0.6) is 11.5 Å². The molecule has 0 spiro atoms. The van der Waals surface area contributed by atoms with Crippen LogP contribution >= 0.6 is 0 Å². The van der Waals surface area contributed by atoms with Gasteiger partial charge in [0.1, 0.15) is 11.5 Å². The first-order valence-corrected chi connectivity index (χ1v) is 6.95. The number of phenols is 2. The molecule has 2 N–H and O–H groups in total. The van der Waals surface area contributed by atoms with Gasteiger partial charge in [-0.05, 0) is 41.8 Å².